The molecule has 0 bridgehead atoms. The molecule has 0 unspecified atom stereocenters. The summed E-state index contributed by atoms with van der Waals surface area (Å²) in [5, 5.41) is 6.80. The number of nitrogens with zero attached hydrogens (tertiary/aromatic N) is 4. The molecular formula is C12H15N5O. The van der Waals surface area contributed by atoms with Crippen LogP contribution in [0.1, 0.15) is 27.4 Å². The van der Waals surface area contributed by atoms with Crippen LogP contribution in [0.25, 0.3) is 0 Å². The van der Waals surface area contributed by atoms with Crippen molar-refractivity contribution < 1.29 is 4.79 Å². The minimum atomic E-state index is -0.155. The van der Waals surface area contributed by atoms with Crippen LogP contribution in [0.4, 0.5) is 0 Å². The van der Waals surface area contributed by atoms with E-state index in [-0.39, 0.29) is 5.91 Å². The van der Waals surface area contributed by atoms with Gasteiger partial charge in [-0.2, -0.15) is 5.10 Å². The van der Waals surface area contributed by atoms with E-state index >= 15 is 0 Å². The zero-order valence-electron chi connectivity index (χ0n) is 10.6. The van der Waals surface area contributed by atoms with Gasteiger partial charge in [0.25, 0.3) is 5.91 Å². The normalized spacial score (nSPS) is 10.4. The summed E-state index contributed by atoms with van der Waals surface area (Å²) in [5.74, 6) is -0.155. The molecule has 0 saturated heterocycles. The third kappa shape index (κ3) is 2.37. The van der Waals surface area contributed by atoms with Crippen molar-refractivity contribution >= 4 is 5.91 Å². The summed E-state index contributed by atoms with van der Waals surface area (Å²) in [6, 6.07) is 1.68. The van der Waals surface area contributed by atoms with E-state index in [2.05, 4.69) is 20.4 Å². The highest BCUT2D eigenvalue weighted by molar-refractivity contribution is 5.92. The van der Waals surface area contributed by atoms with Crippen LogP contribution in [-0.4, -0.2) is 25.7 Å². The van der Waals surface area contributed by atoms with Gasteiger partial charge in [-0.1, -0.05) is 0 Å². The Morgan fingerprint density at radius 3 is 2.56 bits per heavy atom. The van der Waals surface area contributed by atoms with Crippen LogP contribution in [0.5, 0.6) is 0 Å². The largest absolute Gasteiger partial charge is 0.346 e. The highest BCUT2D eigenvalue weighted by Gasteiger charge is 2.11. The number of aromatic nitrogens is 4. The number of hydrogen-bond acceptors (Lipinski definition) is 4. The second kappa shape index (κ2) is 4.95. The molecular weight excluding hydrogens is 230 g/mol. The number of aryl methyl sites for hydroxylation is 3. The van der Waals surface area contributed by atoms with Gasteiger partial charge in [0.05, 0.1) is 0 Å². The van der Waals surface area contributed by atoms with Crippen molar-refractivity contribution in [2.45, 2.75) is 20.4 Å². The zero-order chi connectivity index (χ0) is 13.1. The number of nitrogens with one attached hydrogen (secondary N) is 1. The Bertz CT molecular complexity index is 555. The van der Waals surface area contributed by atoms with E-state index in [4.69, 9.17) is 0 Å². The van der Waals surface area contributed by atoms with Gasteiger partial charge in [-0.25, -0.2) is 9.97 Å². The molecule has 2 aromatic rings. The van der Waals surface area contributed by atoms with Gasteiger partial charge in [0.15, 0.2) is 0 Å². The van der Waals surface area contributed by atoms with Crippen molar-refractivity contribution in [2.75, 3.05) is 0 Å². The second-order valence-electron chi connectivity index (χ2n) is 4.05. The molecule has 0 aliphatic rings. The SMILES string of the molecule is Cc1ncnc(C)c1CNC(=O)c1ccnn1C. The van der Waals surface area contributed by atoms with Crippen LogP contribution < -0.4 is 5.32 Å². The maximum atomic E-state index is 11.9. The molecule has 0 atom stereocenters. The van der Waals surface area contributed by atoms with Crippen LogP contribution in [0, 0.1) is 13.8 Å². The fourth-order valence-electron chi connectivity index (χ4n) is 1.73. The molecule has 2 rings (SSSR count). The summed E-state index contributed by atoms with van der Waals surface area (Å²) in [6.07, 6.45) is 3.12. The molecule has 0 aromatic carbocycles. The van der Waals surface area contributed by atoms with Gasteiger partial charge < -0.3 is 5.32 Å². The number of amides is 1. The smallest absolute Gasteiger partial charge is 0.269 e. The van der Waals surface area contributed by atoms with Crippen LogP contribution in [0.15, 0.2) is 18.6 Å². The minimum absolute atomic E-state index is 0.155. The van der Waals surface area contributed by atoms with E-state index in [0.717, 1.165) is 17.0 Å². The predicted molar refractivity (Wildman–Crippen MR) is 65.9 cm³/mol. The topological polar surface area (TPSA) is 72.7 Å². The molecule has 0 radical (unpaired) electrons. The predicted octanol–water partition coefficient (Wildman–Crippen LogP) is 0.757. The van der Waals surface area contributed by atoms with E-state index in [1.807, 2.05) is 13.8 Å². The van der Waals surface area contributed by atoms with Crippen molar-refractivity contribution in [2.24, 2.45) is 7.05 Å². The van der Waals surface area contributed by atoms with E-state index in [1.54, 1.807) is 19.3 Å². The summed E-state index contributed by atoms with van der Waals surface area (Å²) < 4.78 is 1.54. The Morgan fingerprint density at radius 1 is 1.33 bits per heavy atom. The third-order valence-electron chi connectivity index (χ3n) is 2.86. The van der Waals surface area contributed by atoms with Crippen LogP contribution >= 0.6 is 0 Å². The van der Waals surface area contributed by atoms with Gasteiger partial charge in [-0.3, -0.25) is 9.48 Å². The monoisotopic (exact) mass is 245 g/mol. The van der Waals surface area contributed by atoms with Gasteiger partial charge in [-0.05, 0) is 19.9 Å². The summed E-state index contributed by atoms with van der Waals surface area (Å²) in [5.41, 5.74) is 3.25. The molecule has 0 spiro atoms. The van der Waals surface area contributed by atoms with E-state index in [0.29, 0.717) is 12.2 Å². The molecule has 2 aromatic heterocycles. The van der Waals surface area contributed by atoms with Crippen LogP contribution in [0.2, 0.25) is 0 Å². The Labute approximate surface area is 105 Å². The second-order valence-corrected chi connectivity index (χ2v) is 4.05. The summed E-state index contributed by atoms with van der Waals surface area (Å²) in [6.45, 7) is 4.23. The summed E-state index contributed by atoms with van der Waals surface area (Å²) >= 11 is 0. The fraction of sp³-hybridized carbons (Fsp3) is 0.333. The van der Waals surface area contributed by atoms with E-state index in [9.17, 15) is 4.79 Å². The van der Waals surface area contributed by atoms with Gasteiger partial charge in [0.2, 0.25) is 0 Å². The average Bonchev–Trinajstić information content (AvgIpc) is 2.74. The maximum absolute atomic E-state index is 11.9. The highest BCUT2D eigenvalue weighted by atomic mass is 16.2. The van der Waals surface area contributed by atoms with Crippen molar-refractivity contribution in [1.29, 1.82) is 0 Å². The van der Waals surface area contributed by atoms with Crippen LogP contribution in [-0.2, 0) is 13.6 Å². The molecule has 0 fully saturated rings. The van der Waals surface area contributed by atoms with Gasteiger partial charge >= 0.3 is 0 Å². The first-order chi connectivity index (χ1) is 8.59. The lowest BCUT2D eigenvalue weighted by Crippen LogP contribution is -2.26. The molecule has 6 nitrogen and oxygen atoms in total. The number of rotatable bonds is 3. The first-order valence-electron chi connectivity index (χ1n) is 5.63. The number of carbonyl (C=O) groups excluding carboxylic acids is 1. The third-order valence-corrected chi connectivity index (χ3v) is 2.86. The first-order valence-corrected chi connectivity index (χ1v) is 5.63. The van der Waals surface area contributed by atoms with E-state index < -0.39 is 0 Å². The lowest BCUT2D eigenvalue weighted by atomic mass is 10.2. The van der Waals surface area contributed by atoms with Crippen molar-refractivity contribution in [1.82, 2.24) is 25.1 Å². The lowest BCUT2D eigenvalue weighted by molar-refractivity contribution is 0.0941. The molecule has 0 saturated carbocycles. The van der Waals surface area contributed by atoms with Gasteiger partial charge in [-0.15, -0.1) is 0 Å². The quantitative estimate of drug-likeness (QED) is 0.866. The molecule has 18 heavy (non-hydrogen) atoms. The van der Waals surface area contributed by atoms with Crippen molar-refractivity contribution in [3.63, 3.8) is 0 Å². The molecule has 1 N–H and O–H groups in total. The maximum Gasteiger partial charge on any atom is 0.269 e. The first kappa shape index (κ1) is 12.2. The Balaban J connectivity index is 2.09. The van der Waals surface area contributed by atoms with Crippen molar-refractivity contribution in [3.05, 3.63) is 41.2 Å². The van der Waals surface area contributed by atoms with E-state index in [1.165, 1.54) is 11.0 Å². The molecule has 2 heterocycles. The standard InChI is InChI=1S/C12H15N5O/c1-8-10(9(2)15-7-14-8)6-13-12(18)11-4-5-16-17(11)3/h4-5,7H,6H2,1-3H3,(H,13,18). The number of hydrogen-bond donors (Lipinski definition) is 1. The Kier molecular flexibility index (Phi) is 3.36. The Hall–Kier alpha value is -2.24. The highest BCUT2D eigenvalue weighted by Crippen LogP contribution is 2.07. The van der Waals surface area contributed by atoms with Gasteiger partial charge in [0, 0.05) is 36.7 Å². The molecule has 6 heteroatoms. The molecule has 0 aliphatic heterocycles. The Morgan fingerprint density at radius 2 is 2.00 bits per heavy atom. The molecule has 0 aliphatic carbocycles. The molecule has 1 amide bonds. The summed E-state index contributed by atoms with van der Waals surface area (Å²) in [7, 11) is 1.73. The number of carbonyl (C=O) groups is 1. The summed E-state index contributed by atoms with van der Waals surface area (Å²) in [4.78, 5) is 20.1. The van der Waals surface area contributed by atoms with Crippen molar-refractivity contribution in [3.8, 4) is 0 Å². The lowest BCUT2D eigenvalue weighted by Gasteiger charge is -2.09. The average molecular weight is 245 g/mol. The minimum Gasteiger partial charge on any atom is -0.346 e. The zero-order valence-corrected chi connectivity index (χ0v) is 10.6. The van der Waals surface area contributed by atoms with Gasteiger partial charge in [0.1, 0.15) is 12.0 Å². The molecule has 94 valence electrons. The van der Waals surface area contributed by atoms with Crippen LogP contribution in [0.3, 0.4) is 0 Å². The fourth-order valence-corrected chi connectivity index (χ4v) is 1.73.